The maximum absolute atomic E-state index is 10.4. The zero-order valence-corrected chi connectivity index (χ0v) is 9.30. The lowest BCUT2D eigenvalue weighted by molar-refractivity contribution is -0.136. The molecule has 1 heterocycles. The molecule has 0 radical (unpaired) electrons. The molecule has 1 aromatic heterocycles. The van der Waals surface area contributed by atoms with E-state index < -0.39 is 5.97 Å². The number of hydrogen-bond donors (Lipinski definition) is 2. The molecule has 15 heavy (non-hydrogen) atoms. The van der Waals surface area contributed by atoms with E-state index in [1.54, 1.807) is 11.3 Å². The summed E-state index contributed by atoms with van der Waals surface area (Å²) in [4.78, 5) is 11.8. The molecule has 0 aliphatic heterocycles. The van der Waals surface area contributed by atoms with Crippen molar-refractivity contribution in [2.45, 2.75) is 25.3 Å². The molecule has 0 bridgehead atoms. The van der Waals surface area contributed by atoms with Gasteiger partial charge in [-0.05, 0) is 30.2 Å². The molecular formula is C11H15NO2S. The van der Waals surface area contributed by atoms with E-state index in [9.17, 15) is 4.79 Å². The largest absolute Gasteiger partial charge is 0.481 e. The van der Waals surface area contributed by atoms with Gasteiger partial charge in [0.05, 0.1) is 6.42 Å². The first-order chi connectivity index (χ1) is 7.27. The first-order valence-corrected chi connectivity index (χ1v) is 6.14. The Morgan fingerprint density at radius 3 is 3.00 bits per heavy atom. The van der Waals surface area contributed by atoms with Gasteiger partial charge in [-0.1, -0.05) is 6.07 Å². The molecule has 1 atom stereocenters. The molecule has 0 amide bonds. The summed E-state index contributed by atoms with van der Waals surface area (Å²) in [6, 6.07) is 4.56. The van der Waals surface area contributed by atoms with E-state index in [1.807, 2.05) is 6.07 Å². The molecule has 4 heteroatoms. The fourth-order valence-corrected chi connectivity index (χ4v) is 2.63. The van der Waals surface area contributed by atoms with E-state index >= 15 is 0 Å². The van der Waals surface area contributed by atoms with Gasteiger partial charge in [-0.2, -0.15) is 0 Å². The van der Waals surface area contributed by atoms with Crippen LogP contribution in [-0.4, -0.2) is 17.6 Å². The molecular weight excluding hydrogens is 210 g/mol. The SMILES string of the molecule is O=C(O)CCNC(c1cccs1)C1CC1. The Hall–Kier alpha value is -0.870. The summed E-state index contributed by atoms with van der Waals surface area (Å²) >= 11 is 1.75. The first kappa shape index (κ1) is 10.6. The van der Waals surface area contributed by atoms with E-state index in [0.717, 1.165) is 5.92 Å². The minimum Gasteiger partial charge on any atom is -0.481 e. The van der Waals surface area contributed by atoms with E-state index in [1.165, 1.54) is 17.7 Å². The van der Waals surface area contributed by atoms with Gasteiger partial charge < -0.3 is 10.4 Å². The molecule has 1 aliphatic carbocycles. The van der Waals surface area contributed by atoms with E-state index in [0.29, 0.717) is 12.6 Å². The molecule has 1 unspecified atom stereocenters. The number of carbonyl (C=O) groups is 1. The van der Waals surface area contributed by atoms with Crippen LogP contribution < -0.4 is 5.32 Å². The Kier molecular flexibility index (Phi) is 3.38. The number of nitrogens with one attached hydrogen (secondary N) is 1. The number of carboxylic acids is 1. The smallest absolute Gasteiger partial charge is 0.304 e. The van der Waals surface area contributed by atoms with Crippen LogP contribution in [-0.2, 0) is 4.79 Å². The fraction of sp³-hybridized carbons (Fsp3) is 0.545. The average Bonchev–Trinajstić information content (AvgIpc) is 2.88. The van der Waals surface area contributed by atoms with Gasteiger partial charge in [0.1, 0.15) is 0 Å². The Bertz CT molecular complexity index is 319. The molecule has 1 saturated carbocycles. The van der Waals surface area contributed by atoms with Crippen LogP contribution in [0.5, 0.6) is 0 Å². The highest BCUT2D eigenvalue weighted by molar-refractivity contribution is 7.10. The van der Waals surface area contributed by atoms with Crippen LogP contribution in [0.3, 0.4) is 0 Å². The van der Waals surface area contributed by atoms with Crippen LogP contribution in [0.25, 0.3) is 0 Å². The summed E-state index contributed by atoms with van der Waals surface area (Å²) in [6.45, 7) is 0.564. The van der Waals surface area contributed by atoms with Gasteiger partial charge >= 0.3 is 5.97 Å². The maximum atomic E-state index is 10.4. The van der Waals surface area contributed by atoms with Crippen molar-refractivity contribution in [2.24, 2.45) is 5.92 Å². The topological polar surface area (TPSA) is 49.3 Å². The van der Waals surface area contributed by atoms with Gasteiger partial charge in [-0.3, -0.25) is 4.79 Å². The molecule has 2 rings (SSSR count). The number of hydrogen-bond acceptors (Lipinski definition) is 3. The molecule has 82 valence electrons. The van der Waals surface area contributed by atoms with E-state index in [4.69, 9.17) is 5.11 Å². The van der Waals surface area contributed by atoms with Crippen molar-refractivity contribution >= 4 is 17.3 Å². The average molecular weight is 225 g/mol. The van der Waals surface area contributed by atoms with E-state index in [-0.39, 0.29) is 6.42 Å². The van der Waals surface area contributed by atoms with Crippen LogP contribution in [0.15, 0.2) is 17.5 Å². The van der Waals surface area contributed by atoms with Crippen LogP contribution in [0.4, 0.5) is 0 Å². The summed E-state index contributed by atoms with van der Waals surface area (Å²) < 4.78 is 0. The summed E-state index contributed by atoms with van der Waals surface area (Å²) in [5.74, 6) is -0.0133. The monoisotopic (exact) mass is 225 g/mol. The Labute approximate surface area is 93.1 Å². The molecule has 3 nitrogen and oxygen atoms in total. The second-order valence-corrected chi connectivity index (χ2v) is 4.91. The van der Waals surface area contributed by atoms with Crippen molar-refractivity contribution in [3.05, 3.63) is 22.4 Å². The Morgan fingerprint density at radius 1 is 1.67 bits per heavy atom. The predicted octanol–water partition coefficient (Wildman–Crippen LogP) is 2.26. The quantitative estimate of drug-likeness (QED) is 0.780. The van der Waals surface area contributed by atoms with Gasteiger partial charge in [-0.25, -0.2) is 0 Å². The standard InChI is InChI=1S/C11H15NO2S/c13-10(14)5-6-12-11(8-3-4-8)9-2-1-7-15-9/h1-2,7-8,11-12H,3-6H2,(H,13,14). The highest BCUT2D eigenvalue weighted by atomic mass is 32.1. The zero-order valence-electron chi connectivity index (χ0n) is 8.48. The second-order valence-electron chi connectivity index (χ2n) is 3.93. The van der Waals surface area contributed by atoms with Crippen molar-refractivity contribution in [3.8, 4) is 0 Å². The van der Waals surface area contributed by atoms with E-state index in [2.05, 4.69) is 16.8 Å². The van der Waals surface area contributed by atoms with Crippen LogP contribution in [0, 0.1) is 5.92 Å². The zero-order chi connectivity index (χ0) is 10.7. The molecule has 1 aliphatic rings. The number of carboxylic acid groups (broad SMARTS) is 1. The minimum absolute atomic E-state index is 0.203. The van der Waals surface area contributed by atoms with Crippen LogP contribution in [0.2, 0.25) is 0 Å². The molecule has 1 fully saturated rings. The van der Waals surface area contributed by atoms with Gasteiger partial charge in [0.25, 0.3) is 0 Å². The highest BCUT2D eigenvalue weighted by Crippen LogP contribution is 2.42. The first-order valence-electron chi connectivity index (χ1n) is 5.26. The third-order valence-corrected chi connectivity index (χ3v) is 3.60. The van der Waals surface area contributed by atoms with Crippen molar-refractivity contribution < 1.29 is 9.90 Å². The number of aliphatic carboxylic acids is 1. The normalized spacial score (nSPS) is 17.6. The molecule has 0 saturated heterocycles. The summed E-state index contributed by atoms with van der Waals surface area (Å²) in [6.07, 6.45) is 2.74. The maximum Gasteiger partial charge on any atom is 0.304 e. The molecule has 0 spiro atoms. The molecule has 1 aromatic rings. The lowest BCUT2D eigenvalue weighted by Gasteiger charge is -2.15. The Balaban J connectivity index is 1.87. The summed E-state index contributed by atoms with van der Waals surface area (Å²) in [5, 5.41) is 14.0. The van der Waals surface area contributed by atoms with Crippen molar-refractivity contribution in [1.82, 2.24) is 5.32 Å². The van der Waals surface area contributed by atoms with Crippen LogP contribution >= 0.6 is 11.3 Å². The van der Waals surface area contributed by atoms with Crippen molar-refractivity contribution in [3.63, 3.8) is 0 Å². The van der Waals surface area contributed by atoms with Gasteiger partial charge in [0.15, 0.2) is 0 Å². The second kappa shape index (κ2) is 4.77. The fourth-order valence-electron chi connectivity index (χ4n) is 1.73. The summed E-state index contributed by atoms with van der Waals surface area (Å²) in [7, 11) is 0. The van der Waals surface area contributed by atoms with Crippen molar-refractivity contribution in [2.75, 3.05) is 6.54 Å². The van der Waals surface area contributed by atoms with Gasteiger partial charge in [0, 0.05) is 17.5 Å². The number of rotatable bonds is 6. The third kappa shape index (κ3) is 3.04. The lowest BCUT2D eigenvalue weighted by atomic mass is 10.1. The van der Waals surface area contributed by atoms with Crippen molar-refractivity contribution in [1.29, 1.82) is 0 Å². The Morgan fingerprint density at radius 2 is 2.47 bits per heavy atom. The lowest BCUT2D eigenvalue weighted by Crippen LogP contribution is -2.24. The van der Waals surface area contributed by atoms with Gasteiger partial charge in [0.2, 0.25) is 0 Å². The highest BCUT2D eigenvalue weighted by Gasteiger charge is 2.32. The minimum atomic E-state index is -0.733. The van der Waals surface area contributed by atoms with Crippen LogP contribution in [0.1, 0.15) is 30.2 Å². The molecule has 0 aromatic carbocycles. The van der Waals surface area contributed by atoms with Gasteiger partial charge in [-0.15, -0.1) is 11.3 Å². The predicted molar refractivity (Wildman–Crippen MR) is 60.0 cm³/mol. The molecule has 2 N–H and O–H groups in total. The number of thiophene rings is 1. The summed E-state index contributed by atoms with van der Waals surface area (Å²) in [5.41, 5.74) is 0. The third-order valence-electron chi connectivity index (χ3n) is 2.65.